The largest absolute Gasteiger partial charge is 0.394 e. The first-order valence-electron chi connectivity index (χ1n) is 26.9. The van der Waals surface area contributed by atoms with Crippen molar-refractivity contribution in [3.8, 4) is 0 Å². The Kier molecular flexibility index (Phi) is 13.2. The molecule has 20 heteroatoms. The summed E-state index contributed by atoms with van der Waals surface area (Å²) in [5, 5.41) is 16.5. The lowest BCUT2D eigenvalue weighted by Crippen LogP contribution is -2.60. The van der Waals surface area contributed by atoms with Crippen LogP contribution in [0.25, 0.3) is 6.08 Å². The van der Waals surface area contributed by atoms with E-state index in [9.17, 15) is 38.7 Å². The molecule has 6 atom stereocenters. The number of aliphatic hydroxyl groups is 1. The molecule has 4 unspecified atom stereocenters. The number of hydrogen-bond donors (Lipinski definition) is 4. The lowest BCUT2D eigenvalue weighted by atomic mass is 9.90. The fraction of sp³-hybridized carbons (Fsp3) is 0.500. The van der Waals surface area contributed by atoms with Crippen molar-refractivity contribution >= 4 is 70.2 Å². The van der Waals surface area contributed by atoms with E-state index < -0.39 is 41.6 Å². The number of benzene rings is 2. The van der Waals surface area contributed by atoms with Gasteiger partial charge in [0, 0.05) is 118 Å². The fourth-order valence-electron chi connectivity index (χ4n) is 13.5. The Balaban J connectivity index is 0.756. The van der Waals surface area contributed by atoms with Gasteiger partial charge < -0.3 is 44.9 Å². The number of amides is 6. The molecule has 4 saturated heterocycles. The smallest absolute Gasteiger partial charge is 0.293 e. The molecule has 1 aliphatic carbocycles. The number of nitrogens with one attached hydrogen (secondary N) is 2. The van der Waals surface area contributed by atoms with Gasteiger partial charge in [0.1, 0.15) is 17.6 Å². The average Bonchev–Trinajstić information content (AvgIpc) is 4.00. The molecule has 76 heavy (non-hydrogen) atoms. The highest BCUT2D eigenvalue weighted by Crippen LogP contribution is 2.41. The Bertz CT molecular complexity index is 3160. The van der Waals surface area contributed by atoms with E-state index in [1.54, 1.807) is 31.5 Å². The van der Waals surface area contributed by atoms with Gasteiger partial charge >= 0.3 is 0 Å². The molecule has 4 aromatic rings. The van der Waals surface area contributed by atoms with Gasteiger partial charge in [-0.2, -0.15) is 0 Å². The summed E-state index contributed by atoms with van der Waals surface area (Å²) in [6.07, 6.45) is 10.1. The first-order chi connectivity index (χ1) is 36.4. The molecule has 400 valence electrons. The van der Waals surface area contributed by atoms with Crippen LogP contribution < -0.4 is 36.6 Å². The summed E-state index contributed by atoms with van der Waals surface area (Å²) in [5.41, 5.74) is 12.3. The minimum Gasteiger partial charge on any atom is -0.394 e. The molecule has 6 amide bonds. The lowest BCUT2D eigenvalue weighted by Gasteiger charge is -2.48. The Morgan fingerprint density at radius 3 is 2.39 bits per heavy atom. The average molecular weight is 1040 g/mol. The monoisotopic (exact) mass is 1040 g/mol. The number of aromatic nitrogens is 3. The van der Waals surface area contributed by atoms with E-state index in [-0.39, 0.29) is 71.4 Å². The minimum atomic E-state index is -1.02. The van der Waals surface area contributed by atoms with Crippen LogP contribution >= 0.6 is 0 Å². The quantitative estimate of drug-likeness (QED) is 0.125. The number of hydrogen-bond acceptors (Lipinski definition) is 14. The number of rotatable bonds is 11. The second-order valence-corrected chi connectivity index (χ2v) is 22.8. The molecule has 0 radical (unpaired) electrons. The molecule has 11 rings (SSSR count). The summed E-state index contributed by atoms with van der Waals surface area (Å²) in [5.74, 6) is -2.08. The number of fused-ring (bicyclic) bond motifs is 4. The van der Waals surface area contributed by atoms with Crippen LogP contribution in [0.4, 0.5) is 28.7 Å². The van der Waals surface area contributed by atoms with Crippen LogP contribution in [0, 0.1) is 5.41 Å². The van der Waals surface area contributed by atoms with Crippen LogP contribution in [-0.4, -0.2) is 151 Å². The van der Waals surface area contributed by atoms with Gasteiger partial charge in [-0.15, -0.1) is 0 Å². The SMILES string of the molecule is C[C@@H]1CC(N2CCN(c3ccc(Nc4nc(N5CCCC(N6CCn7c(cc8c7CC(C)(C)C8)C6=O)C5CO)cn(C)c4=O)cc3C=CC(N)=O)[C@@H](C)C2)CCN1c1ccc2c(c1)C(=O)N(C1CCC(=O)NC1=O)C2=O. The van der Waals surface area contributed by atoms with Crippen molar-refractivity contribution in [3.63, 3.8) is 0 Å². The highest BCUT2D eigenvalue weighted by molar-refractivity contribution is 6.23. The Morgan fingerprint density at radius 2 is 1.64 bits per heavy atom. The van der Waals surface area contributed by atoms with Gasteiger partial charge in [-0.25, -0.2) is 4.98 Å². The summed E-state index contributed by atoms with van der Waals surface area (Å²) < 4.78 is 3.69. The van der Waals surface area contributed by atoms with Gasteiger partial charge in [0.05, 0.1) is 29.8 Å². The predicted molar refractivity (Wildman–Crippen MR) is 287 cm³/mol. The first kappa shape index (κ1) is 50.8. The van der Waals surface area contributed by atoms with Crippen molar-refractivity contribution < 1.29 is 33.9 Å². The number of nitrogens with zero attached hydrogens (tertiary/aromatic N) is 9. The van der Waals surface area contributed by atoms with Crippen LogP contribution in [0.1, 0.15) is 114 Å². The standard InChI is InChI=1S/C56H68N12O8/c1-32-23-37(16-18-63(32)38-10-11-39-40(26-38)53(74)68(52(39)73)43-13-15-49(71)60-51(43)72)62-19-20-64(33(2)29-62)41-12-9-36(24-34(41)8-14-47(57)70)58-50-55(76)61(5)30-48(59-50)66-17-6-7-42(46(66)31-69)67-22-21-65-44(54(67)75)25-35-27-56(3,4)28-45(35)65/h8-12,14,24-26,30,32-33,37,42-43,46,69H,6-7,13,15-23,27-29,31H2,1-5H3,(H2,57,70)(H,58,59)(H,60,71,72)/t32-,33+,37?,42?,43?,46?/m1/s1. The number of carbonyl (C=O) groups excluding carboxylic acids is 6. The van der Waals surface area contributed by atoms with Gasteiger partial charge in [-0.3, -0.25) is 48.7 Å². The van der Waals surface area contributed by atoms with Crippen molar-refractivity contribution in [2.24, 2.45) is 18.2 Å². The first-order valence-corrected chi connectivity index (χ1v) is 26.9. The van der Waals surface area contributed by atoms with Crippen LogP contribution in [0.3, 0.4) is 0 Å². The number of piperidine rings is 3. The van der Waals surface area contributed by atoms with E-state index in [2.05, 4.69) is 63.7 Å². The molecule has 0 bridgehead atoms. The normalized spacial score (nSPS) is 25.8. The summed E-state index contributed by atoms with van der Waals surface area (Å²) >= 11 is 0. The molecule has 5 N–H and O–H groups in total. The number of nitrogens with two attached hydrogens (primary N) is 1. The maximum atomic E-state index is 14.2. The maximum absolute atomic E-state index is 14.2. The van der Waals surface area contributed by atoms with Gasteiger partial charge in [0.15, 0.2) is 5.82 Å². The number of carbonyl (C=O) groups is 6. The number of primary amides is 1. The molecule has 8 heterocycles. The molecule has 6 aliphatic heterocycles. The van der Waals surface area contributed by atoms with Crippen molar-refractivity contribution in [2.75, 3.05) is 65.9 Å². The van der Waals surface area contributed by atoms with Crippen LogP contribution in [0.2, 0.25) is 0 Å². The molecule has 2 aromatic carbocycles. The fourth-order valence-corrected chi connectivity index (χ4v) is 13.5. The zero-order valence-electron chi connectivity index (χ0n) is 44.0. The summed E-state index contributed by atoms with van der Waals surface area (Å²) in [6, 6.07) is 12.0. The molecular formula is C56H68N12O8. The Morgan fingerprint density at radius 1 is 0.855 bits per heavy atom. The van der Waals surface area contributed by atoms with Crippen molar-refractivity contribution in [3.05, 3.63) is 98.7 Å². The third-order valence-corrected chi connectivity index (χ3v) is 17.1. The van der Waals surface area contributed by atoms with E-state index >= 15 is 0 Å². The number of piperazine rings is 1. The van der Waals surface area contributed by atoms with Crippen LogP contribution in [0.5, 0.6) is 0 Å². The van der Waals surface area contributed by atoms with Crippen molar-refractivity contribution in [1.29, 1.82) is 0 Å². The van der Waals surface area contributed by atoms with E-state index in [1.165, 1.54) is 21.9 Å². The summed E-state index contributed by atoms with van der Waals surface area (Å²) in [7, 11) is 1.68. The topological polar surface area (TPSA) is 232 Å². The third-order valence-electron chi connectivity index (χ3n) is 17.1. The third kappa shape index (κ3) is 9.11. The lowest BCUT2D eigenvalue weighted by molar-refractivity contribution is -0.136. The van der Waals surface area contributed by atoms with Gasteiger partial charge in [0.25, 0.3) is 23.3 Å². The van der Waals surface area contributed by atoms with Crippen molar-refractivity contribution in [2.45, 2.75) is 122 Å². The number of imide groups is 2. The Labute approximate surface area is 441 Å². The summed E-state index contributed by atoms with van der Waals surface area (Å²) in [4.78, 5) is 108. The zero-order chi connectivity index (χ0) is 53.5. The molecule has 2 aromatic heterocycles. The van der Waals surface area contributed by atoms with E-state index in [0.29, 0.717) is 43.7 Å². The minimum absolute atomic E-state index is 0.00819. The van der Waals surface area contributed by atoms with Crippen molar-refractivity contribution in [1.82, 2.24) is 34.1 Å². The van der Waals surface area contributed by atoms with Crippen LogP contribution in [-0.2, 0) is 40.8 Å². The molecule has 20 nitrogen and oxygen atoms in total. The highest BCUT2D eigenvalue weighted by atomic mass is 16.3. The molecule has 4 fully saturated rings. The second kappa shape index (κ2) is 19.7. The molecule has 0 saturated carbocycles. The predicted octanol–water partition coefficient (Wildman–Crippen LogP) is 3.40. The molecule has 7 aliphatic rings. The summed E-state index contributed by atoms with van der Waals surface area (Å²) in [6.45, 7) is 13.6. The zero-order valence-corrected chi connectivity index (χ0v) is 44.0. The van der Waals surface area contributed by atoms with Gasteiger partial charge in [-0.05, 0) is 118 Å². The van der Waals surface area contributed by atoms with E-state index in [4.69, 9.17) is 10.7 Å². The second-order valence-electron chi connectivity index (χ2n) is 22.8. The number of aryl methyl sites for hydroxylation is 1. The highest BCUT2D eigenvalue weighted by Gasteiger charge is 2.46. The molecule has 0 spiro atoms. The number of anilines is 5. The van der Waals surface area contributed by atoms with Gasteiger partial charge in [0.2, 0.25) is 17.7 Å². The van der Waals surface area contributed by atoms with Gasteiger partial charge in [-0.1, -0.05) is 13.8 Å². The van der Waals surface area contributed by atoms with Crippen LogP contribution in [0.15, 0.2) is 59.5 Å². The maximum Gasteiger partial charge on any atom is 0.293 e. The molecular weight excluding hydrogens is 969 g/mol. The number of aliphatic hydroxyl groups excluding tert-OH is 1. The van der Waals surface area contributed by atoms with E-state index in [1.807, 2.05) is 34.1 Å². The van der Waals surface area contributed by atoms with E-state index in [0.717, 1.165) is 85.7 Å². The Hall–Kier alpha value is -7.32.